The Hall–Kier alpha value is -2.14. The van der Waals surface area contributed by atoms with Gasteiger partial charge in [-0.25, -0.2) is 0 Å². The van der Waals surface area contributed by atoms with Crippen molar-refractivity contribution in [2.45, 2.75) is 23.5 Å². The number of anilines is 1. The topological polar surface area (TPSA) is 47.6 Å². The fourth-order valence-electron chi connectivity index (χ4n) is 2.00. The number of benzene rings is 2. The molecule has 0 aliphatic carbocycles. The fourth-order valence-corrected chi connectivity index (χ4v) is 3.03. The summed E-state index contributed by atoms with van der Waals surface area (Å²) in [7, 11) is 3.15. The zero-order chi connectivity index (χ0) is 16.9. The van der Waals surface area contributed by atoms with Gasteiger partial charge in [0.25, 0.3) is 0 Å². The van der Waals surface area contributed by atoms with Gasteiger partial charge < -0.3 is 14.8 Å². The lowest BCUT2D eigenvalue weighted by Gasteiger charge is -2.23. The molecule has 2 rings (SSSR count). The molecule has 0 heterocycles. The third-order valence-corrected chi connectivity index (χ3v) is 4.52. The molecule has 0 atom stereocenters. The molecule has 1 amide bonds. The molecule has 4 nitrogen and oxygen atoms in total. The second-order valence-corrected chi connectivity index (χ2v) is 7.14. The molecule has 0 aliphatic heterocycles. The van der Waals surface area contributed by atoms with Crippen LogP contribution in [0.1, 0.15) is 13.8 Å². The van der Waals surface area contributed by atoms with E-state index in [0.717, 1.165) is 4.90 Å². The molecule has 23 heavy (non-hydrogen) atoms. The summed E-state index contributed by atoms with van der Waals surface area (Å²) in [5.41, 5.74) is 0.625. The van der Waals surface area contributed by atoms with E-state index in [9.17, 15) is 4.79 Å². The number of carbonyl (C=O) groups is 1. The minimum atomic E-state index is -0.619. The predicted octanol–water partition coefficient (Wildman–Crippen LogP) is 4.21. The second-order valence-electron chi connectivity index (χ2n) is 5.45. The average Bonchev–Trinajstić information content (AvgIpc) is 2.55. The van der Waals surface area contributed by atoms with Crippen molar-refractivity contribution >= 4 is 23.4 Å². The summed E-state index contributed by atoms with van der Waals surface area (Å²) in [6.45, 7) is 3.80. The Kier molecular flexibility index (Phi) is 5.55. The first-order valence-electron chi connectivity index (χ1n) is 7.24. The van der Waals surface area contributed by atoms with E-state index < -0.39 is 4.75 Å². The van der Waals surface area contributed by atoms with Crippen LogP contribution in [0.15, 0.2) is 53.4 Å². The van der Waals surface area contributed by atoms with Gasteiger partial charge in [0.15, 0.2) is 0 Å². The average molecular weight is 331 g/mol. The maximum Gasteiger partial charge on any atom is 0.240 e. The number of amides is 1. The SMILES string of the molecule is COc1ccc(NC(=O)C(C)(C)Sc2ccccc2)c(OC)c1. The zero-order valence-corrected chi connectivity index (χ0v) is 14.6. The minimum absolute atomic E-state index is 0.0881. The highest BCUT2D eigenvalue weighted by Crippen LogP contribution is 2.35. The number of hydrogen-bond acceptors (Lipinski definition) is 4. The zero-order valence-electron chi connectivity index (χ0n) is 13.8. The summed E-state index contributed by atoms with van der Waals surface area (Å²) >= 11 is 1.52. The van der Waals surface area contributed by atoms with Crippen LogP contribution in [-0.2, 0) is 4.79 Å². The lowest BCUT2D eigenvalue weighted by Crippen LogP contribution is -2.34. The van der Waals surface area contributed by atoms with Crippen molar-refractivity contribution in [2.75, 3.05) is 19.5 Å². The van der Waals surface area contributed by atoms with Crippen molar-refractivity contribution in [3.8, 4) is 11.5 Å². The Morgan fingerprint density at radius 2 is 1.74 bits per heavy atom. The van der Waals surface area contributed by atoms with Gasteiger partial charge in [0, 0.05) is 11.0 Å². The first-order chi connectivity index (χ1) is 11.0. The molecule has 0 unspecified atom stereocenters. The maximum absolute atomic E-state index is 12.6. The lowest BCUT2D eigenvalue weighted by molar-refractivity contribution is -0.117. The van der Waals surface area contributed by atoms with E-state index in [1.54, 1.807) is 32.4 Å². The van der Waals surface area contributed by atoms with Gasteiger partial charge in [0.1, 0.15) is 11.5 Å². The van der Waals surface area contributed by atoms with Gasteiger partial charge >= 0.3 is 0 Å². The quantitative estimate of drug-likeness (QED) is 0.805. The Balaban J connectivity index is 2.14. The van der Waals surface area contributed by atoms with Crippen LogP contribution in [0.4, 0.5) is 5.69 Å². The standard InChI is InChI=1S/C18H21NO3S/c1-18(2,23-14-8-6-5-7-9-14)17(20)19-15-11-10-13(21-3)12-16(15)22-4/h5-12H,1-4H3,(H,19,20). The number of hydrogen-bond donors (Lipinski definition) is 1. The number of carbonyl (C=O) groups excluding carboxylic acids is 1. The van der Waals surface area contributed by atoms with E-state index in [4.69, 9.17) is 9.47 Å². The Morgan fingerprint density at radius 3 is 2.35 bits per heavy atom. The smallest absolute Gasteiger partial charge is 0.240 e. The highest BCUT2D eigenvalue weighted by Gasteiger charge is 2.29. The Labute approximate surface area is 141 Å². The van der Waals surface area contributed by atoms with Gasteiger partial charge in [0.05, 0.1) is 24.7 Å². The molecule has 0 aromatic heterocycles. The predicted molar refractivity (Wildman–Crippen MR) is 94.6 cm³/mol. The lowest BCUT2D eigenvalue weighted by atomic mass is 10.2. The van der Waals surface area contributed by atoms with E-state index >= 15 is 0 Å². The molecule has 5 heteroatoms. The van der Waals surface area contributed by atoms with Crippen molar-refractivity contribution < 1.29 is 14.3 Å². The highest BCUT2D eigenvalue weighted by atomic mass is 32.2. The third-order valence-electron chi connectivity index (χ3n) is 3.32. The van der Waals surface area contributed by atoms with Crippen molar-refractivity contribution in [1.82, 2.24) is 0 Å². The summed E-state index contributed by atoms with van der Waals surface area (Å²) in [6.07, 6.45) is 0. The van der Waals surface area contributed by atoms with E-state index in [-0.39, 0.29) is 5.91 Å². The molecular formula is C18H21NO3S. The minimum Gasteiger partial charge on any atom is -0.497 e. The van der Waals surface area contributed by atoms with Crippen molar-refractivity contribution in [2.24, 2.45) is 0 Å². The third kappa shape index (κ3) is 4.42. The number of thioether (sulfide) groups is 1. The van der Waals surface area contributed by atoms with Gasteiger partial charge in [-0.3, -0.25) is 4.79 Å². The Morgan fingerprint density at radius 1 is 1.04 bits per heavy atom. The summed E-state index contributed by atoms with van der Waals surface area (Å²) < 4.78 is 9.87. The number of ether oxygens (including phenoxy) is 2. The molecular weight excluding hydrogens is 310 g/mol. The van der Waals surface area contributed by atoms with Gasteiger partial charge in [-0.15, -0.1) is 11.8 Å². The molecule has 122 valence electrons. The summed E-state index contributed by atoms with van der Waals surface area (Å²) in [4.78, 5) is 13.7. The molecule has 0 saturated carbocycles. The molecule has 2 aromatic carbocycles. The van der Waals surface area contributed by atoms with E-state index in [1.165, 1.54) is 11.8 Å². The molecule has 0 spiro atoms. The van der Waals surface area contributed by atoms with Crippen LogP contribution in [-0.4, -0.2) is 24.9 Å². The van der Waals surface area contributed by atoms with Crippen LogP contribution in [0.5, 0.6) is 11.5 Å². The molecule has 0 saturated heterocycles. The summed E-state index contributed by atoms with van der Waals surface area (Å²) in [5.74, 6) is 1.16. The number of methoxy groups -OCH3 is 2. The van der Waals surface area contributed by atoms with Crippen molar-refractivity contribution in [3.05, 3.63) is 48.5 Å². The number of nitrogens with one attached hydrogen (secondary N) is 1. The van der Waals surface area contributed by atoms with E-state index in [1.807, 2.05) is 44.2 Å². The van der Waals surface area contributed by atoms with Crippen LogP contribution in [0, 0.1) is 0 Å². The first-order valence-corrected chi connectivity index (χ1v) is 8.05. The van der Waals surface area contributed by atoms with E-state index in [0.29, 0.717) is 17.2 Å². The fraction of sp³-hybridized carbons (Fsp3) is 0.278. The van der Waals surface area contributed by atoms with E-state index in [2.05, 4.69) is 5.32 Å². The number of rotatable bonds is 6. The Bertz CT molecular complexity index is 671. The van der Waals surface area contributed by atoms with Crippen LogP contribution in [0.3, 0.4) is 0 Å². The maximum atomic E-state index is 12.6. The molecule has 0 bridgehead atoms. The van der Waals surface area contributed by atoms with Gasteiger partial charge in [0.2, 0.25) is 5.91 Å². The second kappa shape index (κ2) is 7.42. The van der Waals surface area contributed by atoms with Crippen molar-refractivity contribution in [3.63, 3.8) is 0 Å². The molecule has 2 aromatic rings. The largest absolute Gasteiger partial charge is 0.497 e. The van der Waals surface area contributed by atoms with Crippen LogP contribution < -0.4 is 14.8 Å². The monoisotopic (exact) mass is 331 g/mol. The molecule has 0 radical (unpaired) electrons. The normalized spacial score (nSPS) is 11.0. The van der Waals surface area contributed by atoms with Crippen LogP contribution in [0.2, 0.25) is 0 Å². The van der Waals surface area contributed by atoms with Crippen LogP contribution >= 0.6 is 11.8 Å². The van der Waals surface area contributed by atoms with Gasteiger partial charge in [-0.1, -0.05) is 18.2 Å². The van der Waals surface area contributed by atoms with Gasteiger partial charge in [-0.2, -0.15) is 0 Å². The highest BCUT2D eigenvalue weighted by molar-refractivity contribution is 8.01. The first kappa shape index (κ1) is 17.2. The van der Waals surface area contributed by atoms with Crippen LogP contribution in [0.25, 0.3) is 0 Å². The summed E-state index contributed by atoms with van der Waals surface area (Å²) in [6, 6.07) is 15.2. The summed E-state index contributed by atoms with van der Waals surface area (Å²) in [5, 5.41) is 2.93. The molecule has 1 N–H and O–H groups in total. The van der Waals surface area contributed by atoms with Crippen molar-refractivity contribution in [1.29, 1.82) is 0 Å². The van der Waals surface area contributed by atoms with Gasteiger partial charge in [-0.05, 0) is 38.1 Å². The molecule has 0 fully saturated rings. The molecule has 0 aliphatic rings.